The summed E-state index contributed by atoms with van der Waals surface area (Å²) < 4.78 is 33.2. The first-order chi connectivity index (χ1) is 13.0. The number of nitrogens with zero attached hydrogens (tertiary/aromatic N) is 2. The van der Waals surface area contributed by atoms with Crippen LogP contribution >= 0.6 is 11.3 Å². The normalized spacial score (nSPS) is 10.7. The molecule has 7 heteroatoms. The molecule has 0 saturated carbocycles. The standard InChI is InChI=1S/C20H18F2N2O2S/c1-3-24(2)20(25)18-12-27-19(23-18)16-8-7-15(10-17(16)22)26-11-13-5-4-6-14(21)9-13/h4-10,12H,3,11H2,1-2H3. The van der Waals surface area contributed by atoms with E-state index in [1.54, 1.807) is 41.6 Å². The van der Waals surface area contributed by atoms with Crippen LogP contribution in [0.5, 0.6) is 5.75 Å². The number of carbonyl (C=O) groups excluding carboxylic acids is 1. The quantitative estimate of drug-likeness (QED) is 0.611. The second-order valence-electron chi connectivity index (χ2n) is 5.92. The number of carbonyl (C=O) groups is 1. The van der Waals surface area contributed by atoms with E-state index < -0.39 is 5.82 Å². The van der Waals surface area contributed by atoms with Gasteiger partial charge in [0.15, 0.2) is 0 Å². The number of amides is 1. The fraction of sp³-hybridized carbons (Fsp3) is 0.200. The number of hydrogen-bond donors (Lipinski definition) is 0. The minimum absolute atomic E-state index is 0.135. The van der Waals surface area contributed by atoms with Crippen LogP contribution in [0.3, 0.4) is 0 Å². The van der Waals surface area contributed by atoms with Crippen molar-refractivity contribution >= 4 is 17.2 Å². The molecule has 0 saturated heterocycles. The Hall–Kier alpha value is -2.80. The van der Waals surface area contributed by atoms with Crippen molar-refractivity contribution in [1.29, 1.82) is 0 Å². The maximum Gasteiger partial charge on any atom is 0.273 e. The first-order valence-corrected chi connectivity index (χ1v) is 9.24. The van der Waals surface area contributed by atoms with Crippen molar-refractivity contribution in [1.82, 2.24) is 9.88 Å². The monoisotopic (exact) mass is 388 g/mol. The molecule has 4 nitrogen and oxygen atoms in total. The summed E-state index contributed by atoms with van der Waals surface area (Å²) in [7, 11) is 1.69. The van der Waals surface area contributed by atoms with E-state index in [4.69, 9.17) is 4.74 Å². The van der Waals surface area contributed by atoms with Crippen molar-refractivity contribution in [3.8, 4) is 16.3 Å². The van der Waals surface area contributed by atoms with Gasteiger partial charge in [0.1, 0.15) is 34.7 Å². The van der Waals surface area contributed by atoms with Gasteiger partial charge in [-0.25, -0.2) is 13.8 Å². The smallest absolute Gasteiger partial charge is 0.273 e. The van der Waals surface area contributed by atoms with Crippen LogP contribution in [0.15, 0.2) is 47.8 Å². The van der Waals surface area contributed by atoms with Crippen molar-refractivity contribution in [2.45, 2.75) is 13.5 Å². The minimum Gasteiger partial charge on any atom is -0.489 e. The summed E-state index contributed by atoms with van der Waals surface area (Å²) in [6.07, 6.45) is 0. The van der Waals surface area contributed by atoms with Crippen LogP contribution in [0.25, 0.3) is 10.6 Å². The highest BCUT2D eigenvalue weighted by Gasteiger charge is 2.17. The third-order valence-corrected chi connectivity index (χ3v) is 4.89. The van der Waals surface area contributed by atoms with Gasteiger partial charge < -0.3 is 9.64 Å². The van der Waals surface area contributed by atoms with E-state index in [-0.39, 0.29) is 18.3 Å². The molecular formula is C20H18F2N2O2S. The van der Waals surface area contributed by atoms with E-state index in [1.165, 1.54) is 29.5 Å². The topological polar surface area (TPSA) is 42.4 Å². The van der Waals surface area contributed by atoms with E-state index in [2.05, 4.69) is 4.98 Å². The summed E-state index contributed by atoms with van der Waals surface area (Å²) in [5, 5.41) is 2.05. The number of thiazole rings is 1. The lowest BCUT2D eigenvalue weighted by Gasteiger charge is -2.11. The molecule has 0 fully saturated rings. The third kappa shape index (κ3) is 4.49. The fourth-order valence-electron chi connectivity index (χ4n) is 2.39. The van der Waals surface area contributed by atoms with Crippen LogP contribution in [-0.4, -0.2) is 29.4 Å². The van der Waals surface area contributed by atoms with E-state index in [0.717, 1.165) is 0 Å². The Bertz CT molecular complexity index is 959. The number of hydrogen-bond acceptors (Lipinski definition) is 4. The summed E-state index contributed by atoms with van der Waals surface area (Å²) in [5.74, 6) is -0.709. The Kier molecular flexibility index (Phi) is 5.81. The Morgan fingerprint density at radius 1 is 1.22 bits per heavy atom. The molecule has 0 N–H and O–H groups in total. The predicted octanol–water partition coefficient (Wildman–Crippen LogP) is 4.76. The average Bonchev–Trinajstić information content (AvgIpc) is 3.15. The number of benzene rings is 2. The van der Waals surface area contributed by atoms with Gasteiger partial charge in [0.2, 0.25) is 0 Å². The maximum absolute atomic E-state index is 14.5. The number of aromatic nitrogens is 1. The van der Waals surface area contributed by atoms with Crippen LogP contribution in [0.2, 0.25) is 0 Å². The molecule has 0 spiro atoms. The van der Waals surface area contributed by atoms with Gasteiger partial charge in [0.25, 0.3) is 5.91 Å². The number of rotatable bonds is 6. The minimum atomic E-state index is -0.496. The summed E-state index contributed by atoms with van der Waals surface area (Å²) >= 11 is 1.21. The third-order valence-electron chi connectivity index (χ3n) is 4.01. The average molecular weight is 388 g/mol. The Morgan fingerprint density at radius 3 is 2.74 bits per heavy atom. The van der Waals surface area contributed by atoms with Crippen LogP contribution in [-0.2, 0) is 6.61 Å². The molecule has 27 heavy (non-hydrogen) atoms. The lowest BCUT2D eigenvalue weighted by Crippen LogP contribution is -2.26. The lowest BCUT2D eigenvalue weighted by atomic mass is 10.2. The molecule has 0 radical (unpaired) electrons. The van der Waals surface area contributed by atoms with Gasteiger partial charge in [-0.05, 0) is 36.8 Å². The maximum atomic E-state index is 14.5. The molecule has 0 atom stereocenters. The van der Waals surface area contributed by atoms with Gasteiger partial charge in [-0.15, -0.1) is 11.3 Å². The van der Waals surface area contributed by atoms with E-state index in [1.807, 2.05) is 6.92 Å². The van der Waals surface area contributed by atoms with Gasteiger partial charge in [-0.3, -0.25) is 4.79 Å². The molecule has 1 amide bonds. The molecule has 0 aliphatic carbocycles. The first-order valence-electron chi connectivity index (χ1n) is 8.36. The summed E-state index contributed by atoms with van der Waals surface area (Å²) in [4.78, 5) is 17.9. The second-order valence-corrected chi connectivity index (χ2v) is 6.78. The van der Waals surface area contributed by atoms with Crippen LogP contribution in [0.1, 0.15) is 23.0 Å². The van der Waals surface area contributed by atoms with Crippen molar-refractivity contribution < 1.29 is 18.3 Å². The van der Waals surface area contributed by atoms with E-state index in [9.17, 15) is 13.6 Å². The zero-order valence-electron chi connectivity index (χ0n) is 14.9. The molecule has 2 aromatic carbocycles. The van der Waals surface area contributed by atoms with Gasteiger partial charge in [-0.2, -0.15) is 0 Å². The predicted molar refractivity (Wildman–Crippen MR) is 101 cm³/mol. The molecule has 1 aromatic heterocycles. The summed E-state index contributed by atoms with van der Waals surface area (Å²) in [6.45, 7) is 2.57. The number of ether oxygens (including phenoxy) is 1. The van der Waals surface area contributed by atoms with Gasteiger partial charge in [0.05, 0.1) is 0 Å². The van der Waals surface area contributed by atoms with Crippen molar-refractivity contribution in [2.24, 2.45) is 0 Å². The SMILES string of the molecule is CCN(C)C(=O)c1csc(-c2ccc(OCc3cccc(F)c3)cc2F)n1. The highest BCUT2D eigenvalue weighted by atomic mass is 32.1. The highest BCUT2D eigenvalue weighted by molar-refractivity contribution is 7.13. The van der Waals surface area contributed by atoms with E-state index >= 15 is 0 Å². The Morgan fingerprint density at radius 2 is 2.04 bits per heavy atom. The molecule has 140 valence electrons. The molecule has 0 aliphatic heterocycles. The van der Waals surface area contributed by atoms with Gasteiger partial charge >= 0.3 is 0 Å². The van der Waals surface area contributed by atoms with Gasteiger partial charge in [-0.1, -0.05) is 12.1 Å². The Balaban J connectivity index is 1.73. The molecule has 1 heterocycles. The molecule has 0 aliphatic rings. The molecule has 0 unspecified atom stereocenters. The highest BCUT2D eigenvalue weighted by Crippen LogP contribution is 2.29. The second kappa shape index (κ2) is 8.26. The molecule has 0 bridgehead atoms. The zero-order chi connectivity index (χ0) is 19.4. The first kappa shape index (κ1) is 19.0. The van der Waals surface area contributed by atoms with Crippen molar-refractivity contribution in [3.05, 3.63) is 70.7 Å². The number of halogens is 2. The zero-order valence-corrected chi connectivity index (χ0v) is 15.7. The molecule has 3 rings (SSSR count). The Labute approximate surface area is 160 Å². The van der Waals surface area contributed by atoms with Crippen molar-refractivity contribution in [2.75, 3.05) is 13.6 Å². The molecule has 3 aromatic rings. The summed E-state index contributed by atoms with van der Waals surface area (Å²) in [6, 6.07) is 10.5. The molecular weight excluding hydrogens is 370 g/mol. The lowest BCUT2D eigenvalue weighted by molar-refractivity contribution is 0.0797. The largest absolute Gasteiger partial charge is 0.489 e. The van der Waals surface area contributed by atoms with Gasteiger partial charge in [0, 0.05) is 30.6 Å². The fourth-order valence-corrected chi connectivity index (χ4v) is 3.21. The van der Waals surface area contributed by atoms with Crippen LogP contribution in [0.4, 0.5) is 8.78 Å². The van der Waals surface area contributed by atoms with Crippen LogP contribution in [0, 0.1) is 11.6 Å². The summed E-state index contributed by atoms with van der Waals surface area (Å²) in [5.41, 5.74) is 1.25. The van der Waals surface area contributed by atoms with E-state index in [0.29, 0.717) is 34.1 Å². The van der Waals surface area contributed by atoms with Crippen LogP contribution < -0.4 is 4.74 Å². The van der Waals surface area contributed by atoms with Crippen molar-refractivity contribution in [3.63, 3.8) is 0 Å².